The van der Waals surface area contributed by atoms with Crippen LogP contribution in [0.4, 0.5) is 4.39 Å². The summed E-state index contributed by atoms with van der Waals surface area (Å²) in [6.07, 6.45) is 2.20. The summed E-state index contributed by atoms with van der Waals surface area (Å²) < 4.78 is 48.2. The van der Waals surface area contributed by atoms with E-state index in [1.165, 1.54) is 22.5 Å². The van der Waals surface area contributed by atoms with Crippen molar-refractivity contribution >= 4 is 10.0 Å². The van der Waals surface area contributed by atoms with Crippen molar-refractivity contribution in [1.82, 2.24) is 19.1 Å². The van der Waals surface area contributed by atoms with Crippen molar-refractivity contribution in [3.8, 4) is 5.88 Å². The third kappa shape index (κ3) is 4.30. The normalized spacial score (nSPS) is 14.6. The van der Waals surface area contributed by atoms with Crippen molar-refractivity contribution in [2.24, 2.45) is 7.05 Å². The molecule has 152 valence electrons. The minimum atomic E-state index is -3.59. The summed E-state index contributed by atoms with van der Waals surface area (Å²) in [7, 11) is -1.75. The van der Waals surface area contributed by atoms with Gasteiger partial charge in [0.1, 0.15) is 18.1 Å². The van der Waals surface area contributed by atoms with Crippen molar-refractivity contribution < 1.29 is 17.5 Å². The van der Waals surface area contributed by atoms with Gasteiger partial charge in [0.15, 0.2) is 0 Å². The average Bonchev–Trinajstić information content (AvgIpc) is 3.02. The van der Waals surface area contributed by atoms with Gasteiger partial charge in [-0.1, -0.05) is 18.2 Å². The van der Waals surface area contributed by atoms with Crippen molar-refractivity contribution in [3.63, 3.8) is 0 Å². The summed E-state index contributed by atoms with van der Waals surface area (Å²) in [5.74, 6) is -0.196. The van der Waals surface area contributed by atoms with Crippen LogP contribution in [0.25, 0.3) is 0 Å². The van der Waals surface area contributed by atoms with Gasteiger partial charge in [0, 0.05) is 50.1 Å². The molecule has 9 heteroatoms. The summed E-state index contributed by atoms with van der Waals surface area (Å²) >= 11 is 0. The van der Waals surface area contributed by atoms with Gasteiger partial charge in [0.25, 0.3) is 0 Å². The Labute approximate surface area is 168 Å². The number of benzene rings is 1. The Hall–Kier alpha value is -2.78. The number of pyridine rings is 1. The Balaban J connectivity index is 1.52. The lowest BCUT2D eigenvalue weighted by atomic mass is 10.1. The number of sulfonamides is 1. The maximum absolute atomic E-state index is 13.4. The van der Waals surface area contributed by atoms with Crippen LogP contribution < -0.4 is 4.74 Å². The first kappa shape index (κ1) is 19.5. The lowest BCUT2D eigenvalue weighted by molar-refractivity contribution is 0.285. The van der Waals surface area contributed by atoms with Gasteiger partial charge in [-0.15, -0.1) is 0 Å². The first-order valence-corrected chi connectivity index (χ1v) is 10.8. The molecule has 2 aromatic heterocycles. The number of hydrogen-bond acceptors (Lipinski definition) is 5. The highest BCUT2D eigenvalue weighted by molar-refractivity contribution is 7.88. The molecule has 0 spiro atoms. The number of hydrogen-bond donors (Lipinski definition) is 0. The summed E-state index contributed by atoms with van der Waals surface area (Å²) in [5.41, 5.74) is 2.99. The summed E-state index contributed by atoms with van der Waals surface area (Å²) in [6, 6.07) is 11.1. The third-order valence-electron chi connectivity index (χ3n) is 4.92. The van der Waals surface area contributed by atoms with Crippen LogP contribution in [0.2, 0.25) is 0 Å². The number of rotatable bonds is 6. The molecule has 0 bridgehead atoms. The van der Waals surface area contributed by atoms with E-state index < -0.39 is 15.8 Å². The molecule has 0 radical (unpaired) electrons. The molecule has 4 rings (SSSR count). The first-order chi connectivity index (χ1) is 13.9. The number of halogens is 1. The van der Waals surface area contributed by atoms with Gasteiger partial charge >= 0.3 is 0 Å². The zero-order valence-corrected chi connectivity index (χ0v) is 16.8. The molecule has 7 nitrogen and oxygen atoms in total. The lowest BCUT2D eigenvalue weighted by Gasteiger charge is -2.27. The van der Waals surface area contributed by atoms with Gasteiger partial charge in [-0.2, -0.15) is 9.40 Å². The molecule has 3 aromatic rings. The van der Waals surface area contributed by atoms with Gasteiger partial charge in [-0.05, 0) is 23.8 Å². The molecule has 1 aliphatic heterocycles. The minimum absolute atomic E-state index is 0.206. The largest absolute Gasteiger partial charge is 0.471 e. The maximum atomic E-state index is 13.4. The Morgan fingerprint density at radius 3 is 2.83 bits per heavy atom. The van der Waals surface area contributed by atoms with Crippen LogP contribution in [0.15, 0.2) is 48.7 Å². The first-order valence-electron chi connectivity index (χ1n) is 9.22. The molecular formula is C20H21FN4O3S. The molecule has 3 heterocycles. The molecule has 29 heavy (non-hydrogen) atoms. The quantitative estimate of drug-likeness (QED) is 0.617. The van der Waals surface area contributed by atoms with E-state index in [0.29, 0.717) is 30.1 Å². The topological polar surface area (TPSA) is 77.3 Å². The van der Waals surface area contributed by atoms with Crippen LogP contribution in [0.3, 0.4) is 0 Å². The Morgan fingerprint density at radius 2 is 2.07 bits per heavy atom. The van der Waals surface area contributed by atoms with Gasteiger partial charge in [-0.25, -0.2) is 17.8 Å². The van der Waals surface area contributed by atoms with Crippen LogP contribution in [-0.4, -0.2) is 34.0 Å². The molecule has 0 atom stereocenters. The number of aryl methyl sites for hydroxylation is 1. The highest BCUT2D eigenvalue weighted by atomic mass is 32.2. The molecule has 0 saturated carbocycles. The van der Waals surface area contributed by atoms with Crippen LogP contribution in [0, 0.1) is 5.82 Å². The number of fused-ring (bicyclic) bond motifs is 1. The summed E-state index contributed by atoms with van der Waals surface area (Å²) in [4.78, 5) is 4.13. The van der Waals surface area contributed by atoms with E-state index in [4.69, 9.17) is 4.74 Å². The smallest absolute Gasteiger partial charge is 0.218 e. The minimum Gasteiger partial charge on any atom is -0.471 e. The second-order valence-electron chi connectivity index (χ2n) is 6.92. The highest BCUT2D eigenvalue weighted by Gasteiger charge is 2.31. The molecule has 0 saturated heterocycles. The SMILES string of the molecule is Cn1nc(COc2ccccn2)c2c1CCN(S(=O)(=O)Cc1cccc(F)c1)C2. The van der Waals surface area contributed by atoms with E-state index in [-0.39, 0.29) is 18.9 Å². The second-order valence-corrected chi connectivity index (χ2v) is 8.89. The zero-order valence-electron chi connectivity index (χ0n) is 16.0. The van der Waals surface area contributed by atoms with E-state index in [1.807, 2.05) is 13.1 Å². The molecular weight excluding hydrogens is 395 g/mol. The molecule has 0 N–H and O–H groups in total. The third-order valence-corrected chi connectivity index (χ3v) is 6.71. The molecule has 0 fully saturated rings. The Kier molecular flexibility index (Phi) is 5.33. The van der Waals surface area contributed by atoms with Crippen molar-refractivity contribution in [2.75, 3.05) is 6.54 Å². The van der Waals surface area contributed by atoms with Gasteiger partial charge < -0.3 is 4.74 Å². The van der Waals surface area contributed by atoms with Crippen LogP contribution >= 0.6 is 0 Å². The fourth-order valence-corrected chi connectivity index (χ4v) is 4.98. The zero-order chi connectivity index (χ0) is 20.4. The highest BCUT2D eigenvalue weighted by Crippen LogP contribution is 2.26. The average molecular weight is 416 g/mol. The summed E-state index contributed by atoms with van der Waals surface area (Å²) in [6.45, 7) is 0.796. The fourth-order valence-electron chi connectivity index (χ4n) is 3.50. The molecule has 1 aliphatic rings. The predicted octanol–water partition coefficient (Wildman–Crippen LogP) is 2.42. The number of nitrogens with zero attached hydrogens (tertiary/aromatic N) is 4. The van der Waals surface area contributed by atoms with E-state index >= 15 is 0 Å². The van der Waals surface area contributed by atoms with E-state index in [1.54, 1.807) is 29.1 Å². The standard InChI is InChI=1S/C20H21FN4O3S/c1-24-19-8-10-25(29(26,27)14-15-5-4-6-16(21)11-15)12-17(19)18(23-24)13-28-20-7-2-3-9-22-20/h2-7,9,11H,8,10,12-14H2,1H3. The van der Waals surface area contributed by atoms with Crippen LogP contribution in [0.5, 0.6) is 5.88 Å². The van der Waals surface area contributed by atoms with Gasteiger partial charge in [-0.3, -0.25) is 4.68 Å². The molecule has 0 amide bonds. The fraction of sp³-hybridized carbons (Fsp3) is 0.300. The molecule has 1 aromatic carbocycles. The number of aromatic nitrogens is 3. The van der Waals surface area contributed by atoms with Crippen molar-refractivity contribution in [3.05, 3.63) is 77.0 Å². The van der Waals surface area contributed by atoms with Gasteiger partial charge in [0.2, 0.25) is 15.9 Å². The van der Waals surface area contributed by atoms with E-state index in [9.17, 15) is 12.8 Å². The van der Waals surface area contributed by atoms with E-state index in [0.717, 1.165) is 11.3 Å². The number of ether oxygens (including phenoxy) is 1. The van der Waals surface area contributed by atoms with E-state index in [2.05, 4.69) is 10.1 Å². The lowest BCUT2D eigenvalue weighted by Crippen LogP contribution is -2.37. The monoisotopic (exact) mass is 416 g/mol. The van der Waals surface area contributed by atoms with Gasteiger partial charge in [0.05, 0.1) is 5.75 Å². The predicted molar refractivity (Wildman–Crippen MR) is 105 cm³/mol. The van der Waals surface area contributed by atoms with Crippen LogP contribution in [-0.2, 0) is 42.4 Å². The molecule has 0 aliphatic carbocycles. The van der Waals surface area contributed by atoms with Crippen molar-refractivity contribution in [2.45, 2.75) is 25.3 Å². The maximum Gasteiger partial charge on any atom is 0.218 e. The second kappa shape index (κ2) is 7.92. The Morgan fingerprint density at radius 1 is 1.21 bits per heavy atom. The Bertz CT molecular complexity index is 1120. The summed E-state index contributed by atoms with van der Waals surface area (Å²) in [5, 5.41) is 4.51. The van der Waals surface area contributed by atoms with Crippen molar-refractivity contribution in [1.29, 1.82) is 0 Å². The molecule has 0 unspecified atom stereocenters. The van der Waals surface area contributed by atoms with Crippen LogP contribution in [0.1, 0.15) is 22.5 Å².